The zero-order valence-electron chi connectivity index (χ0n) is 11.6. The van der Waals surface area contributed by atoms with Crippen LogP contribution in [0.4, 0.5) is 5.82 Å². The molecular weight excluding hydrogens is 280 g/mol. The van der Waals surface area contributed by atoms with Crippen molar-refractivity contribution in [2.24, 2.45) is 18.7 Å². The molecule has 1 unspecified atom stereocenters. The summed E-state index contributed by atoms with van der Waals surface area (Å²) < 4.78 is 30.1. The first kappa shape index (κ1) is 14.8. The highest BCUT2D eigenvalue weighted by atomic mass is 32.2. The van der Waals surface area contributed by atoms with Crippen molar-refractivity contribution in [2.45, 2.75) is 19.8 Å². The Kier molecular flexibility index (Phi) is 4.00. The summed E-state index contributed by atoms with van der Waals surface area (Å²) in [7, 11) is -2.05. The fourth-order valence-corrected chi connectivity index (χ4v) is 3.74. The molecule has 9 heteroatoms. The van der Waals surface area contributed by atoms with Crippen molar-refractivity contribution in [2.75, 3.05) is 17.8 Å². The molecule has 0 bridgehead atoms. The van der Waals surface area contributed by atoms with Gasteiger partial charge in [0.05, 0.1) is 11.8 Å². The van der Waals surface area contributed by atoms with E-state index in [1.807, 2.05) is 6.92 Å². The number of aryl methyl sites for hydroxylation is 1. The van der Waals surface area contributed by atoms with E-state index >= 15 is 0 Å². The molecular formula is C11H20N6O2S. The number of nitrogens with one attached hydrogen (secondary N) is 2. The first-order chi connectivity index (χ1) is 9.31. The summed E-state index contributed by atoms with van der Waals surface area (Å²) in [5.41, 5.74) is 5.71. The molecule has 1 saturated heterocycles. The molecule has 112 valence electrons. The molecule has 4 N–H and O–H groups in total. The summed E-state index contributed by atoms with van der Waals surface area (Å²) >= 11 is 0. The molecule has 1 fully saturated rings. The lowest BCUT2D eigenvalue weighted by Gasteiger charge is -2.30. The Labute approximate surface area is 118 Å². The van der Waals surface area contributed by atoms with Gasteiger partial charge in [-0.15, -0.1) is 0 Å². The summed E-state index contributed by atoms with van der Waals surface area (Å²) in [6.07, 6.45) is 3.27. The highest BCUT2D eigenvalue weighted by molar-refractivity contribution is 7.90. The minimum absolute atomic E-state index is 0.218. The maximum atomic E-state index is 12.4. The van der Waals surface area contributed by atoms with Gasteiger partial charge < -0.3 is 5.73 Å². The normalized spacial score (nSPS) is 20.8. The van der Waals surface area contributed by atoms with Gasteiger partial charge >= 0.3 is 10.2 Å². The predicted octanol–water partition coefficient (Wildman–Crippen LogP) is 0.0928. The van der Waals surface area contributed by atoms with Crippen molar-refractivity contribution < 1.29 is 8.42 Å². The number of rotatable bonds is 4. The number of hydrogen-bond donors (Lipinski definition) is 3. The Morgan fingerprint density at radius 3 is 2.90 bits per heavy atom. The van der Waals surface area contributed by atoms with Crippen molar-refractivity contribution in [3.8, 4) is 0 Å². The summed E-state index contributed by atoms with van der Waals surface area (Å²) in [5.74, 6) is 0.345. The number of amidine groups is 1. The van der Waals surface area contributed by atoms with Crippen molar-refractivity contribution in [1.82, 2.24) is 14.1 Å². The monoisotopic (exact) mass is 300 g/mol. The summed E-state index contributed by atoms with van der Waals surface area (Å²) in [6.45, 7) is 3.04. The van der Waals surface area contributed by atoms with E-state index in [0.717, 1.165) is 12.8 Å². The molecule has 0 saturated carbocycles. The largest absolute Gasteiger partial charge is 0.384 e. The van der Waals surface area contributed by atoms with Crippen LogP contribution in [0.5, 0.6) is 0 Å². The maximum Gasteiger partial charge on any atom is 0.302 e. The molecule has 20 heavy (non-hydrogen) atoms. The second-order valence-electron chi connectivity index (χ2n) is 5.16. The molecule has 1 aliphatic heterocycles. The second-order valence-corrected chi connectivity index (χ2v) is 6.83. The Bertz CT molecular complexity index is 608. The van der Waals surface area contributed by atoms with E-state index in [-0.39, 0.29) is 17.2 Å². The average Bonchev–Trinajstić information content (AvgIpc) is 2.71. The summed E-state index contributed by atoms with van der Waals surface area (Å²) in [6, 6.07) is 0. The third kappa shape index (κ3) is 2.93. The fraction of sp³-hybridized carbons (Fsp3) is 0.636. The minimum atomic E-state index is -3.65. The van der Waals surface area contributed by atoms with E-state index in [2.05, 4.69) is 9.82 Å². The van der Waals surface area contributed by atoms with Gasteiger partial charge in [-0.05, 0) is 18.8 Å². The van der Waals surface area contributed by atoms with E-state index in [0.29, 0.717) is 19.0 Å². The van der Waals surface area contributed by atoms with Gasteiger partial charge in [0.15, 0.2) is 0 Å². The topological polar surface area (TPSA) is 117 Å². The SMILES string of the molecule is CC1CCCN(S(=O)(=O)Nc2c(C(=N)N)cnn2C)C1. The van der Waals surface area contributed by atoms with Gasteiger partial charge in [0, 0.05) is 20.1 Å². The standard InChI is InChI=1S/C11H20N6O2S/c1-8-4-3-5-17(7-8)20(18,19)15-11-9(10(12)13)6-14-16(11)2/h6,8,15H,3-5,7H2,1-2H3,(H3,12,13). The number of anilines is 1. The molecule has 0 spiro atoms. The van der Waals surface area contributed by atoms with E-state index in [9.17, 15) is 8.42 Å². The van der Waals surface area contributed by atoms with Crippen molar-refractivity contribution in [1.29, 1.82) is 5.41 Å². The zero-order valence-corrected chi connectivity index (χ0v) is 12.4. The highest BCUT2D eigenvalue weighted by Crippen LogP contribution is 2.21. The Hall–Kier alpha value is -1.61. The smallest absolute Gasteiger partial charge is 0.302 e. The quantitative estimate of drug-likeness (QED) is 0.539. The van der Waals surface area contributed by atoms with Crippen LogP contribution in [-0.4, -0.2) is 41.4 Å². The van der Waals surface area contributed by atoms with Gasteiger partial charge in [-0.3, -0.25) is 14.8 Å². The van der Waals surface area contributed by atoms with E-state index in [1.165, 1.54) is 15.2 Å². The summed E-state index contributed by atoms with van der Waals surface area (Å²) in [5, 5.41) is 11.4. The molecule has 0 aromatic carbocycles. The van der Waals surface area contributed by atoms with Gasteiger partial charge in [0.2, 0.25) is 0 Å². The van der Waals surface area contributed by atoms with E-state index < -0.39 is 10.2 Å². The first-order valence-electron chi connectivity index (χ1n) is 6.45. The molecule has 8 nitrogen and oxygen atoms in total. The van der Waals surface area contributed by atoms with Gasteiger partial charge in [-0.2, -0.15) is 17.8 Å². The van der Waals surface area contributed by atoms with Gasteiger partial charge in [-0.25, -0.2) is 0 Å². The van der Waals surface area contributed by atoms with Crippen LogP contribution in [0.25, 0.3) is 0 Å². The van der Waals surface area contributed by atoms with Crippen LogP contribution in [0.15, 0.2) is 6.20 Å². The van der Waals surface area contributed by atoms with Crippen molar-refractivity contribution >= 4 is 21.9 Å². The number of nitrogen functional groups attached to an aromatic ring is 1. The molecule has 0 radical (unpaired) electrons. The third-order valence-electron chi connectivity index (χ3n) is 3.41. The van der Waals surface area contributed by atoms with Crippen molar-refractivity contribution in [3.05, 3.63) is 11.8 Å². The molecule has 1 aliphatic rings. The van der Waals surface area contributed by atoms with Crippen LogP contribution in [0.2, 0.25) is 0 Å². The zero-order chi connectivity index (χ0) is 14.9. The van der Waals surface area contributed by atoms with Crippen LogP contribution >= 0.6 is 0 Å². The minimum Gasteiger partial charge on any atom is -0.384 e. The lowest BCUT2D eigenvalue weighted by atomic mass is 10.0. The van der Waals surface area contributed by atoms with E-state index in [1.54, 1.807) is 7.05 Å². The molecule has 2 rings (SSSR count). The summed E-state index contributed by atoms with van der Waals surface area (Å²) in [4.78, 5) is 0. The van der Waals surface area contributed by atoms with Crippen LogP contribution in [0.1, 0.15) is 25.3 Å². The first-order valence-corrected chi connectivity index (χ1v) is 7.89. The lowest BCUT2D eigenvalue weighted by Crippen LogP contribution is -2.42. The number of aromatic nitrogens is 2. The van der Waals surface area contributed by atoms with Gasteiger partial charge in [-0.1, -0.05) is 6.92 Å². The number of nitrogens with zero attached hydrogens (tertiary/aromatic N) is 3. The van der Waals surface area contributed by atoms with Crippen molar-refractivity contribution in [3.63, 3.8) is 0 Å². The van der Waals surface area contributed by atoms with Gasteiger partial charge in [0.25, 0.3) is 0 Å². The molecule has 0 amide bonds. The highest BCUT2D eigenvalue weighted by Gasteiger charge is 2.28. The average molecular weight is 300 g/mol. The van der Waals surface area contributed by atoms with E-state index in [4.69, 9.17) is 11.1 Å². The lowest BCUT2D eigenvalue weighted by molar-refractivity contribution is 0.282. The van der Waals surface area contributed by atoms with Crippen LogP contribution in [0, 0.1) is 11.3 Å². The fourth-order valence-electron chi connectivity index (χ4n) is 2.31. The molecule has 1 atom stereocenters. The number of piperidine rings is 1. The van der Waals surface area contributed by atoms with Crippen LogP contribution in [-0.2, 0) is 17.3 Å². The molecule has 0 aliphatic carbocycles. The second kappa shape index (κ2) is 5.41. The number of hydrogen-bond acceptors (Lipinski definition) is 4. The number of nitrogens with two attached hydrogens (primary N) is 1. The van der Waals surface area contributed by atoms with Crippen LogP contribution < -0.4 is 10.5 Å². The Balaban J connectivity index is 2.24. The molecule has 1 aromatic heterocycles. The van der Waals surface area contributed by atoms with Gasteiger partial charge in [0.1, 0.15) is 11.7 Å². The van der Waals surface area contributed by atoms with Crippen LogP contribution in [0.3, 0.4) is 0 Å². The molecule has 2 heterocycles. The Morgan fingerprint density at radius 1 is 1.60 bits per heavy atom. The molecule has 1 aromatic rings. The maximum absolute atomic E-state index is 12.4. The Morgan fingerprint density at radius 2 is 2.30 bits per heavy atom. The third-order valence-corrected chi connectivity index (χ3v) is 4.88. The predicted molar refractivity (Wildman–Crippen MR) is 76.7 cm³/mol.